The van der Waals surface area contributed by atoms with Crippen molar-refractivity contribution in [2.45, 2.75) is 419 Å². The predicted octanol–water partition coefficient (Wildman–Crippen LogP) is 23.8. The summed E-state index contributed by atoms with van der Waals surface area (Å²) in [5.41, 5.74) is 0. The van der Waals surface area contributed by atoms with E-state index in [1.807, 2.05) is 0 Å². The minimum absolute atomic E-state index is 0.0600. The Kier molecular flexibility index (Phi) is 64.5. The van der Waals surface area contributed by atoms with Gasteiger partial charge < -0.3 is 14.2 Å². The summed E-state index contributed by atoms with van der Waals surface area (Å²) < 4.78 is 17.0. The van der Waals surface area contributed by atoms with Gasteiger partial charge in [0, 0.05) is 19.3 Å². The van der Waals surface area contributed by atoms with E-state index in [1.54, 1.807) is 0 Å². The average molecular weight is 1070 g/mol. The molecule has 76 heavy (non-hydrogen) atoms. The van der Waals surface area contributed by atoms with E-state index in [0.717, 1.165) is 57.8 Å². The summed E-state index contributed by atoms with van der Waals surface area (Å²) in [4.78, 5) is 38.4. The first-order valence-corrected chi connectivity index (χ1v) is 35.0. The number of hydrogen-bond acceptors (Lipinski definition) is 6. The molecule has 0 aliphatic rings. The summed E-state index contributed by atoms with van der Waals surface area (Å²) >= 11 is 0. The Hall–Kier alpha value is -1.59. The lowest BCUT2D eigenvalue weighted by molar-refractivity contribution is -0.167. The zero-order valence-corrected chi connectivity index (χ0v) is 52.1. The van der Waals surface area contributed by atoms with Crippen molar-refractivity contribution in [2.75, 3.05) is 13.2 Å². The van der Waals surface area contributed by atoms with Crippen molar-refractivity contribution < 1.29 is 28.6 Å². The molecule has 0 saturated heterocycles. The first-order chi connectivity index (χ1) is 37.5. The fourth-order valence-corrected chi connectivity index (χ4v) is 11.1. The second kappa shape index (κ2) is 65.9. The molecule has 0 aromatic rings. The highest BCUT2D eigenvalue weighted by Gasteiger charge is 2.19. The first kappa shape index (κ1) is 74.4. The molecule has 0 spiro atoms. The van der Waals surface area contributed by atoms with Crippen molar-refractivity contribution in [3.63, 3.8) is 0 Å². The fourth-order valence-electron chi connectivity index (χ4n) is 11.1. The van der Waals surface area contributed by atoms with Crippen LogP contribution >= 0.6 is 0 Å². The maximum absolute atomic E-state index is 12.9. The third-order valence-corrected chi connectivity index (χ3v) is 16.4. The molecule has 0 aromatic carbocycles. The number of rotatable bonds is 66. The van der Waals surface area contributed by atoms with Crippen LogP contribution in [0.5, 0.6) is 0 Å². The molecule has 6 nitrogen and oxygen atoms in total. The number of ether oxygens (including phenoxy) is 3. The van der Waals surface area contributed by atoms with Crippen LogP contribution in [0.15, 0.2) is 0 Å². The Morgan fingerprint density at radius 3 is 0.526 bits per heavy atom. The van der Waals surface area contributed by atoms with E-state index in [9.17, 15) is 14.4 Å². The van der Waals surface area contributed by atoms with Crippen molar-refractivity contribution in [1.82, 2.24) is 0 Å². The van der Waals surface area contributed by atoms with Gasteiger partial charge in [0.15, 0.2) is 6.10 Å². The maximum Gasteiger partial charge on any atom is 0.306 e. The number of unbranched alkanes of at least 4 members (excludes halogenated alkanes) is 55. The SMILES string of the molecule is CCCCCCCCCCCCCCCCCCCCCCC(=O)OCC(COC(=O)CCCCCCCCCCCCCCCCCCCCC)OC(=O)CCCCCCCCCCCCCCCCCCCCC. The molecule has 452 valence electrons. The van der Waals surface area contributed by atoms with Crippen LogP contribution < -0.4 is 0 Å². The van der Waals surface area contributed by atoms with Crippen LogP contribution in [0.1, 0.15) is 412 Å². The quantitative estimate of drug-likeness (QED) is 0.0343. The molecule has 0 heterocycles. The molecule has 0 fully saturated rings. The van der Waals surface area contributed by atoms with Crippen molar-refractivity contribution >= 4 is 17.9 Å². The van der Waals surface area contributed by atoms with Gasteiger partial charge >= 0.3 is 17.9 Å². The first-order valence-electron chi connectivity index (χ1n) is 35.0. The normalized spacial score (nSPS) is 11.9. The molecule has 0 aromatic heterocycles. The molecule has 0 aliphatic heterocycles. The van der Waals surface area contributed by atoms with Gasteiger partial charge in [-0.1, -0.05) is 374 Å². The molecular formula is C70H136O6. The van der Waals surface area contributed by atoms with Crippen molar-refractivity contribution in [3.05, 3.63) is 0 Å². The summed E-state index contributed by atoms with van der Waals surface area (Å²) in [6.07, 6.45) is 76.9. The summed E-state index contributed by atoms with van der Waals surface area (Å²) in [6, 6.07) is 0. The van der Waals surface area contributed by atoms with Crippen LogP contribution in [0.25, 0.3) is 0 Å². The molecule has 6 heteroatoms. The Labute approximate surface area is 476 Å². The standard InChI is InChI=1S/C70H136O6/c1-4-7-10-13-16-19-22-25-28-31-34-37-39-42-45-48-51-54-57-60-63-69(72)75-66-67(76-70(73)64-61-58-55-52-49-46-43-40-36-33-30-27-24-21-18-15-12-9-6-3)65-74-68(71)62-59-56-53-50-47-44-41-38-35-32-29-26-23-20-17-14-11-8-5-2/h67H,4-66H2,1-3H3. The van der Waals surface area contributed by atoms with Gasteiger partial charge in [-0.05, 0) is 19.3 Å². The third kappa shape index (κ3) is 63.2. The lowest BCUT2D eigenvalue weighted by atomic mass is 10.0. The van der Waals surface area contributed by atoms with Gasteiger partial charge in [0.25, 0.3) is 0 Å². The molecule has 0 radical (unpaired) electrons. The lowest BCUT2D eigenvalue weighted by Gasteiger charge is -2.18. The van der Waals surface area contributed by atoms with E-state index in [2.05, 4.69) is 20.8 Å². The zero-order valence-electron chi connectivity index (χ0n) is 52.1. The molecule has 0 rings (SSSR count). The summed E-state index contributed by atoms with van der Waals surface area (Å²) in [6.45, 7) is 6.75. The highest BCUT2D eigenvalue weighted by Crippen LogP contribution is 2.19. The number of esters is 3. The van der Waals surface area contributed by atoms with E-state index in [0.29, 0.717) is 19.3 Å². The highest BCUT2D eigenvalue weighted by molar-refractivity contribution is 5.71. The van der Waals surface area contributed by atoms with Crippen LogP contribution in [-0.4, -0.2) is 37.2 Å². The van der Waals surface area contributed by atoms with Gasteiger partial charge in [-0.15, -0.1) is 0 Å². The molecule has 1 atom stereocenters. The van der Waals surface area contributed by atoms with Gasteiger partial charge in [-0.3, -0.25) is 14.4 Å². The van der Waals surface area contributed by atoms with Gasteiger partial charge in [-0.2, -0.15) is 0 Å². The molecule has 1 unspecified atom stereocenters. The summed E-state index contributed by atoms with van der Waals surface area (Å²) in [5.74, 6) is -0.817. The van der Waals surface area contributed by atoms with Gasteiger partial charge in [-0.25, -0.2) is 0 Å². The van der Waals surface area contributed by atoms with Gasteiger partial charge in [0.2, 0.25) is 0 Å². The maximum atomic E-state index is 12.9. The van der Waals surface area contributed by atoms with E-state index < -0.39 is 6.10 Å². The molecular weight excluding hydrogens is 937 g/mol. The van der Waals surface area contributed by atoms with E-state index >= 15 is 0 Å². The third-order valence-electron chi connectivity index (χ3n) is 16.4. The number of carbonyl (C=O) groups is 3. The highest BCUT2D eigenvalue weighted by atomic mass is 16.6. The fraction of sp³-hybridized carbons (Fsp3) is 0.957. The van der Waals surface area contributed by atoms with Crippen LogP contribution in [0.4, 0.5) is 0 Å². The second-order valence-electron chi connectivity index (χ2n) is 24.2. The second-order valence-corrected chi connectivity index (χ2v) is 24.2. The summed E-state index contributed by atoms with van der Waals surface area (Å²) in [5, 5.41) is 0. The van der Waals surface area contributed by atoms with Crippen LogP contribution in [0, 0.1) is 0 Å². The smallest absolute Gasteiger partial charge is 0.306 e. The molecule has 0 bridgehead atoms. The van der Waals surface area contributed by atoms with Gasteiger partial charge in [0.05, 0.1) is 0 Å². The predicted molar refractivity (Wildman–Crippen MR) is 330 cm³/mol. The molecule has 0 amide bonds. The lowest BCUT2D eigenvalue weighted by Crippen LogP contribution is -2.30. The minimum Gasteiger partial charge on any atom is -0.462 e. The van der Waals surface area contributed by atoms with Crippen molar-refractivity contribution in [2.24, 2.45) is 0 Å². The largest absolute Gasteiger partial charge is 0.462 e. The minimum atomic E-state index is -0.763. The summed E-state index contributed by atoms with van der Waals surface area (Å²) in [7, 11) is 0. The van der Waals surface area contributed by atoms with Crippen LogP contribution in [-0.2, 0) is 28.6 Å². The number of hydrogen-bond donors (Lipinski definition) is 0. The molecule has 0 saturated carbocycles. The van der Waals surface area contributed by atoms with E-state index in [-0.39, 0.29) is 31.1 Å². The zero-order chi connectivity index (χ0) is 55.0. The van der Waals surface area contributed by atoms with Crippen LogP contribution in [0.3, 0.4) is 0 Å². The Balaban J connectivity index is 4.27. The van der Waals surface area contributed by atoms with Crippen LogP contribution in [0.2, 0.25) is 0 Å². The van der Waals surface area contributed by atoms with E-state index in [4.69, 9.17) is 14.2 Å². The Bertz CT molecular complexity index is 1140. The monoisotopic (exact) mass is 1070 g/mol. The molecule has 0 N–H and O–H groups in total. The Morgan fingerprint density at radius 2 is 0.355 bits per heavy atom. The van der Waals surface area contributed by atoms with Gasteiger partial charge in [0.1, 0.15) is 13.2 Å². The topological polar surface area (TPSA) is 78.9 Å². The van der Waals surface area contributed by atoms with Crippen molar-refractivity contribution in [1.29, 1.82) is 0 Å². The van der Waals surface area contributed by atoms with E-state index in [1.165, 1.54) is 315 Å². The molecule has 0 aliphatic carbocycles. The number of carbonyl (C=O) groups excluding carboxylic acids is 3. The van der Waals surface area contributed by atoms with Crippen molar-refractivity contribution in [3.8, 4) is 0 Å². The Morgan fingerprint density at radius 1 is 0.211 bits per heavy atom. The average Bonchev–Trinajstić information content (AvgIpc) is 3.42.